The van der Waals surface area contributed by atoms with Crippen molar-refractivity contribution in [3.05, 3.63) is 57.0 Å². The largest absolute Gasteiger partial charge is 0.417 e. The molecule has 1 aromatic heterocycles. The summed E-state index contributed by atoms with van der Waals surface area (Å²) in [6.07, 6.45) is -4.28. The minimum atomic E-state index is -4.74. The van der Waals surface area contributed by atoms with Gasteiger partial charge in [0.05, 0.1) is 17.7 Å². The number of benzene rings is 1. The van der Waals surface area contributed by atoms with Gasteiger partial charge in [-0.25, -0.2) is 8.42 Å². The Labute approximate surface area is 161 Å². The van der Waals surface area contributed by atoms with Crippen molar-refractivity contribution in [2.24, 2.45) is 0 Å². The lowest BCUT2D eigenvalue weighted by atomic mass is 10.2. The van der Waals surface area contributed by atoms with Crippen LogP contribution < -0.4 is 10.9 Å². The molecule has 0 aliphatic rings. The molecule has 2 N–H and O–H groups in total. The van der Waals surface area contributed by atoms with Crippen molar-refractivity contribution in [1.29, 1.82) is 0 Å². The molecule has 0 aliphatic carbocycles. The number of hydrogen-bond donors (Lipinski definition) is 2. The summed E-state index contributed by atoms with van der Waals surface area (Å²) in [5, 5.41) is 1.80. The Morgan fingerprint density at radius 1 is 1.29 bits per heavy atom. The molecule has 28 heavy (non-hydrogen) atoms. The molecule has 1 aromatic carbocycles. The maximum Gasteiger partial charge on any atom is 0.417 e. The van der Waals surface area contributed by atoms with Crippen LogP contribution in [0.2, 0.25) is 5.02 Å². The first-order valence-corrected chi connectivity index (χ1v) is 9.13. The number of carbonyl (C=O) groups is 1. The van der Waals surface area contributed by atoms with E-state index >= 15 is 0 Å². The van der Waals surface area contributed by atoms with Gasteiger partial charge in [-0.05, 0) is 24.3 Å². The number of H-pyrrole nitrogens is 1. The lowest BCUT2D eigenvalue weighted by molar-refractivity contribution is -0.137. The standard InChI is InChI=1S/C15H13ClF3N3O5S/c1-22(27-2)28(25,26)12-5-8(3-4-10(12)16)13(23)21-11-6-9(15(17,18)19)7-20-14(11)24/h3-7H,1-2H3,(H,20,24)(H,21,23). The number of anilines is 1. The molecular weight excluding hydrogens is 427 g/mol. The predicted molar refractivity (Wildman–Crippen MR) is 93.4 cm³/mol. The van der Waals surface area contributed by atoms with Crippen molar-refractivity contribution in [3.8, 4) is 0 Å². The molecule has 2 rings (SSSR count). The second-order valence-electron chi connectivity index (χ2n) is 5.33. The molecule has 1 heterocycles. The number of amides is 1. The number of aromatic nitrogens is 1. The van der Waals surface area contributed by atoms with Crippen LogP contribution in [0.1, 0.15) is 15.9 Å². The number of pyridine rings is 1. The van der Waals surface area contributed by atoms with Gasteiger partial charge in [-0.15, -0.1) is 0 Å². The molecule has 0 bridgehead atoms. The summed E-state index contributed by atoms with van der Waals surface area (Å²) in [6.45, 7) is 0. The normalized spacial score (nSPS) is 12.2. The maximum atomic E-state index is 12.8. The number of rotatable bonds is 5. The maximum absolute atomic E-state index is 12.8. The van der Waals surface area contributed by atoms with E-state index in [0.717, 1.165) is 32.4 Å². The third-order valence-electron chi connectivity index (χ3n) is 3.55. The van der Waals surface area contributed by atoms with Crippen LogP contribution in [0.4, 0.5) is 18.9 Å². The lowest BCUT2D eigenvalue weighted by Crippen LogP contribution is -2.26. The molecule has 2 aromatic rings. The van der Waals surface area contributed by atoms with Gasteiger partial charge in [0.1, 0.15) is 10.6 Å². The van der Waals surface area contributed by atoms with Crippen molar-refractivity contribution >= 4 is 33.2 Å². The van der Waals surface area contributed by atoms with Crippen LogP contribution in [0, 0.1) is 0 Å². The van der Waals surface area contributed by atoms with Gasteiger partial charge in [0.2, 0.25) is 0 Å². The summed E-state index contributed by atoms with van der Waals surface area (Å²) >= 11 is 5.87. The Balaban J connectivity index is 2.42. The monoisotopic (exact) mass is 439 g/mol. The molecular formula is C15H13ClF3N3O5S. The Morgan fingerprint density at radius 3 is 2.50 bits per heavy atom. The first kappa shape index (κ1) is 21.9. The number of sulfonamides is 1. The van der Waals surface area contributed by atoms with Crippen LogP contribution in [-0.2, 0) is 21.0 Å². The van der Waals surface area contributed by atoms with E-state index in [2.05, 4.69) is 4.84 Å². The highest BCUT2D eigenvalue weighted by atomic mass is 35.5. The van der Waals surface area contributed by atoms with E-state index in [-0.39, 0.29) is 10.6 Å². The number of halogens is 4. The van der Waals surface area contributed by atoms with E-state index in [9.17, 15) is 31.2 Å². The summed E-state index contributed by atoms with van der Waals surface area (Å²) in [5.74, 6) is -1.02. The van der Waals surface area contributed by atoms with Crippen LogP contribution in [0.25, 0.3) is 0 Å². The molecule has 8 nitrogen and oxygen atoms in total. The topological polar surface area (TPSA) is 109 Å². The fraction of sp³-hybridized carbons (Fsp3) is 0.200. The average Bonchev–Trinajstić information content (AvgIpc) is 2.61. The Hall–Kier alpha value is -2.41. The molecule has 0 fully saturated rings. The molecule has 0 unspecified atom stereocenters. The van der Waals surface area contributed by atoms with Gasteiger partial charge in [0, 0.05) is 18.8 Å². The average molecular weight is 440 g/mol. The second-order valence-corrected chi connectivity index (χ2v) is 7.64. The quantitative estimate of drug-likeness (QED) is 0.696. The molecule has 1 amide bonds. The van der Waals surface area contributed by atoms with Gasteiger partial charge >= 0.3 is 6.18 Å². The highest BCUT2D eigenvalue weighted by Crippen LogP contribution is 2.29. The number of hydroxylamine groups is 1. The number of nitrogens with one attached hydrogen (secondary N) is 2. The minimum absolute atomic E-state index is 0.211. The summed E-state index contributed by atoms with van der Waals surface area (Å²) < 4.78 is 63.5. The third-order valence-corrected chi connectivity index (χ3v) is 5.71. The van der Waals surface area contributed by atoms with Crippen molar-refractivity contribution in [3.63, 3.8) is 0 Å². The predicted octanol–water partition coefficient (Wildman–Crippen LogP) is 2.48. The van der Waals surface area contributed by atoms with Crippen molar-refractivity contribution in [2.45, 2.75) is 11.1 Å². The van der Waals surface area contributed by atoms with E-state index in [1.54, 1.807) is 0 Å². The van der Waals surface area contributed by atoms with Gasteiger partial charge in [0.15, 0.2) is 0 Å². The van der Waals surface area contributed by atoms with E-state index < -0.39 is 43.8 Å². The smallest absolute Gasteiger partial charge is 0.327 e. The molecule has 0 aliphatic heterocycles. The molecule has 13 heteroatoms. The molecule has 0 spiro atoms. The van der Waals surface area contributed by atoms with Crippen molar-refractivity contribution < 1.29 is 31.2 Å². The fourth-order valence-corrected chi connectivity index (χ4v) is 3.49. The zero-order valence-electron chi connectivity index (χ0n) is 14.3. The van der Waals surface area contributed by atoms with Gasteiger partial charge < -0.3 is 10.3 Å². The molecule has 0 saturated heterocycles. The van der Waals surface area contributed by atoms with Crippen molar-refractivity contribution in [1.82, 2.24) is 9.45 Å². The van der Waals surface area contributed by atoms with Crippen LogP contribution in [0.5, 0.6) is 0 Å². The van der Waals surface area contributed by atoms with Gasteiger partial charge in [-0.1, -0.05) is 16.1 Å². The summed E-state index contributed by atoms with van der Waals surface area (Å²) in [5.41, 5.74) is -3.07. The molecule has 152 valence electrons. The van der Waals surface area contributed by atoms with Crippen LogP contribution in [-0.4, -0.2) is 37.9 Å². The minimum Gasteiger partial charge on any atom is -0.327 e. The first-order valence-electron chi connectivity index (χ1n) is 7.31. The molecule has 0 atom stereocenters. The number of aromatic amines is 1. The van der Waals surface area contributed by atoms with Gasteiger partial charge in [-0.3, -0.25) is 14.4 Å². The van der Waals surface area contributed by atoms with Gasteiger partial charge in [-0.2, -0.15) is 13.2 Å². The zero-order valence-corrected chi connectivity index (χ0v) is 15.9. The first-order chi connectivity index (χ1) is 12.9. The number of alkyl halides is 3. The number of carbonyl (C=O) groups excluding carboxylic acids is 1. The summed E-state index contributed by atoms with van der Waals surface area (Å²) in [6, 6.07) is 3.63. The zero-order chi connectivity index (χ0) is 21.3. The third kappa shape index (κ3) is 4.52. The Bertz CT molecular complexity index is 1070. The Kier molecular flexibility index (Phi) is 6.18. The van der Waals surface area contributed by atoms with Gasteiger partial charge in [0.25, 0.3) is 21.5 Å². The van der Waals surface area contributed by atoms with Crippen LogP contribution >= 0.6 is 11.6 Å². The number of hydrogen-bond acceptors (Lipinski definition) is 5. The van der Waals surface area contributed by atoms with Crippen LogP contribution in [0.3, 0.4) is 0 Å². The fourth-order valence-electron chi connectivity index (χ4n) is 2.01. The summed E-state index contributed by atoms with van der Waals surface area (Å²) in [7, 11) is -2.00. The van der Waals surface area contributed by atoms with E-state index in [4.69, 9.17) is 11.6 Å². The SMILES string of the molecule is CON(C)S(=O)(=O)c1cc(C(=O)Nc2cc(C(F)(F)F)c[nH]c2=O)ccc1Cl. The van der Waals surface area contributed by atoms with Crippen molar-refractivity contribution in [2.75, 3.05) is 19.5 Å². The second kappa shape index (κ2) is 7.91. The van der Waals surface area contributed by atoms with E-state index in [0.29, 0.717) is 16.7 Å². The lowest BCUT2D eigenvalue weighted by Gasteiger charge is -2.16. The summed E-state index contributed by atoms with van der Waals surface area (Å²) in [4.78, 5) is 30.0. The molecule has 0 radical (unpaired) electrons. The highest BCUT2D eigenvalue weighted by Gasteiger charge is 2.31. The van der Waals surface area contributed by atoms with E-state index in [1.807, 2.05) is 10.3 Å². The Morgan fingerprint density at radius 2 is 1.93 bits per heavy atom. The molecule has 0 saturated carbocycles. The highest BCUT2D eigenvalue weighted by molar-refractivity contribution is 7.89. The van der Waals surface area contributed by atoms with E-state index in [1.165, 1.54) is 0 Å². The number of nitrogens with zero attached hydrogens (tertiary/aromatic N) is 1. The van der Waals surface area contributed by atoms with Crippen LogP contribution in [0.15, 0.2) is 40.2 Å².